The van der Waals surface area contributed by atoms with Gasteiger partial charge in [0.05, 0.1) is 12.2 Å². The topological polar surface area (TPSA) is 88.5 Å². The van der Waals surface area contributed by atoms with Crippen LogP contribution >= 0.6 is 0 Å². The van der Waals surface area contributed by atoms with Crippen LogP contribution in [0.1, 0.15) is 32.0 Å². The minimum atomic E-state index is -0.544. The summed E-state index contributed by atoms with van der Waals surface area (Å²) in [7, 11) is 1.76. The second kappa shape index (κ2) is 6.94. The third kappa shape index (κ3) is 4.27. The van der Waals surface area contributed by atoms with Gasteiger partial charge in [-0.3, -0.25) is 10.00 Å². The highest BCUT2D eigenvalue weighted by Crippen LogP contribution is 2.26. The second-order valence-electron chi connectivity index (χ2n) is 6.67. The van der Waals surface area contributed by atoms with Gasteiger partial charge >= 0.3 is 12.1 Å². The zero-order valence-electron chi connectivity index (χ0n) is 14.7. The fourth-order valence-electron chi connectivity index (χ4n) is 2.46. The molecule has 8 heteroatoms. The van der Waals surface area contributed by atoms with E-state index in [4.69, 9.17) is 4.74 Å². The highest BCUT2D eigenvalue weighted by molar-refractivity contribution is 5.89. The number of ether oxygens (including phenoxy) is 1. The van der Waals surface area contributed by atoms with E-state index in [9.17, 15) is 9.59 Å². The van der Waals surface area contributed by atoms with Crippen LogP contribution in [0.5, 0.6) is 0 Å². The van der Waals surface area contributed by atoms with E-state index < -0.39 is 5.60 Å². The van der Waals surface area contributed by atoms with Gasteiger partial charge in [-0.05, 0) is 20.8 Å². The Hall–Kier alpha value is -2.51. The summed E-state index contributed by atoms with van der Waals surface area (Å²) in [4.78, 5) is 25.8. The van der Waals surface area contributed by atoms with Gasteiger partial charge in [0.15, 0.2) is 0 Å². The summed E-state index contributed by atoms with van der Waals surface area (Å²) in [5.74, 6) is 0.583. The number of hydrogen-bond donors (Lipinski definition) is 2. The van der Waals surface area contributed by atoms with Crippen LogP contribution in [0, 0.1) is 0 Å². The van der Waals surface area contributed by atoms with Crippen molar-refractivity contribution in [2.75, 3.05) is 18.4 Å². The largest absolute Gasteiger partial charge is 0.444 e. The van der Waals surface area contributed by atoms with Crippen LogP contribution in [0.25, 0.3) is 0 Å². The van der Waals surface area contributed by atoms with E-state index in [0.717, 1.165) is 11.3 Å². The first-order valence-corrected chi connectivity index (χ1v) is 7.89. The lowest BCUT2D eigenvalue weighted by Gasteiger charge is -2.29. The number of fused-ring (bicyclic) bond motifs is 1. The number of amides is 3. The molecule has 0 atom stereocenters. The lowest BCUT2D eigenvalue weighted by Crippen LogP contribution is -2.40. The maximum atomic E-state index is 12.3. The normalized spacial score (nSPS) is 13.9. The van der Waals surface area contributed by atoms with Crippen molar-refractivity contribution in [2.24, 2.45) is 7.05 Å². The molecule has 2 N–H and O–H groups in total. The van der Waals surface area contributed by atoms with Gasteiger partial charge in [0.1, 0.15) is 11.4 Å². The molecule has 24 heavy (non-hydrogen) atoms. The van der Waals surface area contributed by atoms with Gasteiger partial charge in [0.25, 0.3) is 0 Å². The highest BCUT2D eigenvalue weighted by atomic mass is 16.6. The Morgan fingerprint density at radius 2 is 2.12 bits per heavy atom. The number of carbonyl (C=O) groups is 2. The van der Waals surface area contributed by atoms with Crippen LogP contribution in [0.4, 0.5) is 15.4 Å². The van der Waals surface area contributed by atoms with Gasteiger partial charge in [-0.1, -0.05) is 6.08 Å². The molecule has 1 aliphatic rings. The third-order valence-corrected chi connectivity index (χ3v) is 3.49. The number of anilines is 1. The fourth-order valence-corrected chi connectivity index (χ4v) is 2.46. The molecule has 0 aliphatic carbocycles. The summed E-state index contributed by atoms with van der Waals surface area (Å²) in [6, 6.07) is -0.338. The SMILES string of the molecule is C=CCNC(=O)Nc1c2c(nn1C)CCN(C(=O)OC(C)(C)C)C2. The number of carbonyl (C=O) groups excluding carboxylic acids is 2. The Kier molecular flexibility index (Phi) is 5.16. The first-order valence-electron chi connectivity index (χ1n) is 7.89. The first kappa shape index (κ1) is 17.8. The molecule has 0 radical (unpaired) electrons. The monoisotopic (exact) mass is 335 g/mol. The Bertz CT molecular complexity index is 645. The minimum Gasteiger partial charge on any atom is -0.444 e. The summed E-state index contributed by atoms with van der Waals surface area (Å²) in [5, 5.41) is 9.87. The second-order valence-corrected chi connectivity index (χ2v) is 6.67. The molecule has 0 saturated heterocycles. The molecule has 3 amide bonds. The number of nitrogens with zero attached hydrogens (tertiary/aromatic N) is 3. The average molecular weight is 335 g/mol. The molecule has 1 aliphatic heterocycles. The van der Waals surface area contributed by atoms with Crippen LogP contribution in [0.2, 0.25) is 0 Å². The van der Waals surface area contributed by atoms with E-state index >= 15 is 0 Å². The number of hydrogen-bond acceptors (Lipinski definition) is 4. The Morgan fingerprint density at radius 3 is 2.75 bits per heavy atom. The number of nitrogens with one attached hydrogen (secondary N) is 2. The zero-order chi connectivity index (χ0) is 17.9. The molecule has 0 aromatic carbocycles. The van der Waals surface area contributed by atoms with E-state index in [1.54, 1.807) is 22.7 Å². The molecule has 1 aromatic rings. The van der Waals surface area contributed by atoms with Crippen molar-refractivity contribution in [1.29, 1.82) is 0 Å². The fraction of sp³-hybridized carbons (Fsp3) is 0.562. The van der Waals surface area contributed by atoms with Gasteiger partial charge in [-0.15, -0.1) is 6.58 Å². The molecule has 0 unspecified atom stereocenters. The van der Waals surface area contributed by atoms with Crippen molar-refractivity contribution in [3.05, 3.63) is 23.9 Å². The van der Waals surface area contributed by atoms with E-state index in [-0.39, 0.29) is 12.1 Å². The quantitative estimate of drug-likeness (QED) is 0.827. The maximum absolute atomic E-state index is 12.3. The summed E-state index contributed by atoms with van der Waals surface area (Å²) in [6.07, 6.45) is 1.86. The summed E-state index contributed by atoms with van der Waals surface area (Å²) in [5.41, 5.74) is 1.18. The molecular weight excluding hydrogens is 310 g/mol. The Balaban J connectivity index is 2.13. The van der Waals surface area contributed by atoms with Crippen molar-refractivity contribution in [3.63, 3.8) is 0 Å². The molecule has 0 saturated carbocycles. The van der Waals surface area contributed by atoms with Crippen molar-refractivity contribution in [1.82, 2.24) is 20.0 Å². The standard InChI is InChI=1S/C16H25N5O3/c1-6-8-17-14(22)18-13-11-10-21(15(23)24-16(2,3)4)9-7-12(11)19-20(13)5/h6H,1,7-10H2,2-5H3,(H2,17,18,22). The molecule has 0 fully saturated rings. The van der Waals surface area contributed by atoms with Gasteiger partial charge in [-0.2, -0.15) is 5.10 Å². The van der Waals surface area contributed by atoms with E-state index in [0.29, 0.717) is 31.9 Å². The zero-order valence-corrected chi connectivity index (χ0v) is 14.7. The van der Waals surface area contributed by atoms with Crippen molar-refractivity contribution in [2.45, 2.75) is 39.3 Å². The van der Waals surface area contributed by atoms with E-state index in [1.165, 1.54) is 0 Å². The molecule has 1 aromatic heterocycles. The maximum Gasteiger partial charge on any atom is 0.410 e. The lowest BCUT2D eigenvalue weighted by atomic mass is 10.1. The number of aryl methyl sites for hydroxylation is 1. The predicted octanol–water partition coefficient (Wildman–Crippen LogP) is 2.02. The van der Waals surface area contributed by atoms with Gasteiger partial charge in [0.2, 0.25) is 0 Å². The van der Waals surface area contributed by atoms with Crippen molar-refractivity contribution >= 4 is 17.9 Å². The Labute approximate surface area is 141 Å². The van der Waals surface area contributed by atoms with Gasteiger partial charge < -0.3 is 15.0 Å². The van der Waals surface area contributed by atoms with Crippen LogP contribution in [0.3, 0.4) is 0 Å². The van der Waals surface area contributed by atoms with E-state index in [1.807, 2.05) is 20.8 Å². The highest BCUT2D eigenvalue weighted by Gasteiger charge is 2.30. The molecule has 2 rings (SSSR count). The van der Waals surface area contributed by atoms with Gasteiger partial charge in [0, 0.05) is 32.1 Å². The Morgan fingerprint density at radius 1 is 1.42 bits per heavy atom. The molecule has 2 heterocycles. The molecule has 0 spiro atoms. The van der Waals surface area contributed by atoms with Crippen molar-refractivity contribution < 1.29 is 14.3 Å². The number of aromatic nitrogens is 2. The number of rotatable bonds is 3. The van der Waals surface area contributed by atoms with Crippen LogP contribution in [-0.2, 0) is 24.8 Å². The van der Waals surface area contributed by atoms with Gasteiger partial charge in [-0.25, -0.2) is 9.59 Å². The van der Waals surface area contributed by atoms with Crippen molar-refractivity contribution in [3.8, 4) is 0 Å². The third-order valence-electron chi connectivity index (χ3n) is 3.49. The summed E-state index contributed by atoms with van der Waals surface area (Å²) >= 11 is 0. The molecular formula is C16H25N5O3. The van der Waals surface area contributed by atoms with Crippen LogP contribution in [0.15, 0.2) is 12.7 Å². The summed E-state index contributed by atoms with van der Waals surface area (Å²) in [6.45, 7) is 10.3. The van der Waals surface area contributed by atoms with E-state index in [2.05, 4.69) is 22.3 Å². The number of urea groups is 1. The predicted molar refractivity (Wildman–Crippen MR) is 90.8 cm³/mol. The summed E-state index contributed by atoms with van der Waals surface area (Å²) < 4.78 is 7.04. The molecule has 8 nitrogen and oxygen atoms in total. The van der Waals surface area contributed by atoms with Crippen LogP contribution in [-0.4, -0.2) is 45.5 Å². The molecule has 132 valence electrons. The molecule has 0 bridgehead atoms. The average Bonchev–Trinajstić information content (AvgIpc) is 2.78. The smallest absolute Gasteiger partial charge is 0.410 e. The lowest BCUT2D eigenvalue weighted by molar-refractivity contribution is 0.0224. The minimum absolute atomic E-state index is 0.338. The van der Waals surface area contributed by atoms with Crippen LogP contribution < -0.4 is 10.6 Å². The first-order chi connectivity index (χ1) is 11.2.